The number of hydrogen-bond acceptors (Lipinski definition) is 2. The fourth-order valence-electron chi connectivity index (χ4n) is 1.60. The highest BCUT2D eigenvalue weighted by molar-refractivity contribution is 5.82. The van der Waals surface area contributed by atoms with E-state index < -0.39 is 0 Å². The molecule has 0 fully saturated rings. The largest absolute Gasteiger partial charge is 0.293 e. The van der Waals surface area contributed by atoms with Crippen LogP contribution in [0, 0.1) is 5.92 Å². The smallest absolute Gasteiger partial charge is 0.0517 e. The van der Waals surface area contributed by atoms with Gasteiger partial charge < -0.3 is 0 Å². The van der Waals surface area contributed by atoms with Crippen molar-refractivity contribution in [2.75, 3.05) is 6.54 Å². The van der Waals surface area contributed by atoms with Gasteiger partial charge in [-0.3, -0.25) is 9.98 Å². The second kappa shape index (κ2) is 3.05. The van der Waals surface area contributed by atoms with Crippen molar-refractivity contribution < 1.29 is 0 Å². The Labute approximate surface area is 72.4 Å². The van der Waals surface area contributed by atoms with Crippen LogP contribution >= 0.6 is 0 Å². The highest BCUT2D eigenvalue weighted by Gasteiger charge is 2.15. The zero-order valence-electron chi connectivity index (χ0n) is 7.20. The molecule has 0 aromatic rings. The lowest BCUT2D eigenvalue weighted by Gasteiger charge is -2.14. The van der Waals surface area contributed by atoms with E-state index in [1.54, 1.807) is 0 Å². The van der Waals surface area contributed by atoms with Crippen LogP contribution in [0.15, 0.2) is 33.4 Å². The summed E-state index contributed by atoms with van der Waals surface area (Å²) < 4.78 is 0. The Kier molecular flexibility index (Phi) is 1.90. The number of dihydropyridines is 1. The van der Waals surface area contributed by atoms with Crippen LogP contribution in [0.2, 0.25) is 0 Å². The Balaban J connectivity index is 2.39. The standard InChI is InChI=1S/C10H12N2/c1-8-7-11-6-4-9-3-2-5-12-10(8)9/h2-3,5,7,9H,4,6H2,1H3. The minimum Gasteiger partial charge on any atom is -0.293 e. The molecule has 0 aromatic heterocycles. The molecule has 2 nitrogen and oxygen atoms in total. The number of hydrogen-bond donors (Lipinski definition) is 0. The van der Waals surface area contributed by atoms with Gasteiger partial charge in [-0.2, -0.15) is 0 Å². The number of rotatable bonds is 0. The van der Waals surface area contributed by atoms with E-state index in [0.29, 0.717) is 5.92 Å². The van der Waals surface area contributed by atoms with Gasteiger partial charge in [-0.25, -0.2) is 0 Å². The molecular formula is C10H12N2. The van der Waals surface area contributed by atoms with E-state index in [9.17, 15) is 0 Å². The first-order chi connectivity index (χ1) is 5.88. The second-order valence-corrected chi connectivity index (χ2v) is 3.16. The Morgan fingerprint density at radius 1 is 1.50 bits per heavy atom. The van der Waals surface area contributed by atoms with Crippen LogP contribution < -0.4 is 0 Å². The van der Waals surface area contributed by atoms with Crippen LogP contribution in [0.5, 0.6) is 0 Å². The first-order valence-corrected chi connectivity index (χ1v) is 4.29. The highest BCUT2D eigenvalue weighted by Crippen LogP contribution is 2.25. The van der Waals surface area contributed by atoms with E-state index in [4.69, 9.17) is 0 Å². The number of nitrogens with zero attached hydrogens (tertiary/aromatic N) is 2. The van der Waals surface area contributed by atoms with Gasteiger partial charge in [-0.15, -0.1) is 0 Å². The first kappa shape index (κ1) is 7.47. The van der Waals surface area contributed by atoms with Gasteiger partial charge in [0.05, 0.1) is 5.70 Å². The molecule has 2 aliphatic heterocycles. The molecule has 1 unspecified atom stereocenters. The molecule has 1 atom stereocenters. The molecular weight excluding hydrogens is 148 g/mol. The maximum absolute atomic E-state index is 4.37. The van der Waals surface area contributed by atoms with E-state index in [0.717, 1.165) is 13.0 Å². The monoisotopic (exact) mass is 160 g/mol. The molecule has 2 heteroatoms. The van der Waals surface area contributed by atoms with Gasteiger partial charge in [-0.05, 0) is 25.0 Å². The summed E-state index contributed by atoms with van der Waals surface area (Å²) in [6.45, 7) is 3.00. The van der Waals surface area contributed by atoms with Crippen LogP contribution in [0.4, 0.5) is 0 Å². The van der Waals surface area contributed by atoms with Gasteiger partial charge in [0.25, 0.3) is 0 Å². The number of aliphatic imine (C=N–C) groups is 2. The first-order valence-electron chi connectivity index (χ1n) is 4.29. The normalized spacial score (nSPS) is 27.2. The van der Waals surface area contributed by atoms with Crippen LogP contribution in [-0.4, -0.2) is 19.0 Å². The maximum Gasteiger partial charge on any atom is 0.0517 e. The maximum atomic E-state index is 4.37. The Morgan fingerprint density at radius 3 is 3.33 bits per heavy atom. The SMILES string of the molecule is CC1=C2N=CC=CC2CCN=C1. The van der Waals surface area contributed by atoms with E-state index in [-0.39, 0.29) is 0 Å². The predicted octanol–water partition coefficient (Wildman–Crippen LogP) is 1.99. The summed E-state index contributed by atoms with van der Waals surface area (Å²) in [6, 6.07) is 0. The van der Waals surface area contributed by atoms with Gasteiger partial charge in [-0.1, -0.05) is 6.08 Å². The average Bonchev–Trinajstić information content (AvgIpc) is 2.29. The number of allylic oxidation sites excluding steroid dienone is 3. The van der Waals surface area contributed by atoms with Crippen molar-refractivity contribution in [3.63, 3.8) is 0 Å². The van der Waals surface area contributed by atoms with Gasteiger partial charge in [0.2, 0.25) is 0 Å². The molecule has 2 heterocycles. The van der Waals surface area contributed by atoms with Gasteiger partial charge >= 0.3 is 0 Å². The van der Waals surface area contributed by atoms with E-state index >= 15 is 0 Å². The lowest BCUT2D eigenvalue weighted by Crippen LogP contribution is -2.05. The summed E-state index contributed by atoms with van der Waals surface area (Å²) in [5, 5.41) is 0. The third-order valence-corrected chi connectivity index (χ3v) is 2.25. The van der Waals surface area contributed by atoms with Crippen molar-refractivity contribution >= 4 is 12.4 Å². The van der Waals surface area contributed by atoms with Crippen molar-refractivity contribution in [3.05, 3.63) is 23.4 Å². The minimum absolute atomic E-state index is 0.498. The van der Waals surface area contributed by atoms with Crippen molar-refractivity contribution in [3.8, 4) is 0 Å². The molecule has 62 valence electrons. The average molecular weight is 160 g/mol. The molecule has 0 aromatic carbocycles. The van der Waals surface area contributed by atoms with Crippen LogP contribution in [0.1, 0.15) is 13.3 Å². The van der Waals surface area contributed by atoms with E-state index in [1.807, 2.05) is 18.5 Å². The summed E-state index contributed by atoms with van der Waals surface area (Å²) >= 11 is 0. The van der Waals surface area contributed by atoms with Crippen molar-refractivity contribution in [1.82, 2.24) is 0 Å². The highest BCUT2D eigenvalue weighted by atomic mass is 14.8. The van der Waals surface area contributed by atoms with E-state index in [2.05, 4.69) is 23.0 Å². The molecule has 0 N–H and O–H groups in total. The number of fused-ring (bicyclic) bond motifs is 1. The second-order valence-electron chi connectivity index (χ2n) is 3.16. The Hall–Kier alpha value is -1.18. The molecule has 2 rings (SSSR count). The molecule has 0 amide bonds. The Morgan fingerprint density at radius 2 is 2.42 bits per heavy atom. The summed E-state index contributed by atoms with van der Waals surface area (Å²) in [6.07, 6.45) is 9.12. The van der Waals surface area contributed by atoms with Gasteiger partial charge in [0.15, 0.2) is 0 Å². The molecule has 2 aliphatic rings. The van der Waals surface area contributed by atoms with Crippen LogP contribution in [-0.2, 0) is 0 Å². The summed E-state index contributed by atoms with van der Waals surface area (Å²) in [4.78, 5) is 8.65. The summed E-state index contributed by atoms with van der Waals surface area (Å²) in [5.74, 6) is 0.498. The summed E-state index contributed by atoms with van der Waals surface area (Å²) in [5.41, 5.74) is 2.40. The molecule has 0 saturated carbocycles. The lowest BCUT2D eigenvalue weighted by molar-refractivity contribution is 0.680. The zero-order chi connectivity index (χ0) is 8.39. The molecule has 0 radical (unpaired) electrons. The van der Waals surface area contributed by atoms with Crippen molar-refractivity contribution in [1.29, 1.82) is 0 Å². The third-order valence-electron chi connectivity index (χ3n) is 2.25. The van der Waals surface area contributed by atoms with Crippen molar-refractivity contribution in [2.45, 2.75) is 13.3 Å². The lowest BCUT2D eigenvalue weighted by atomic mass is 9.97. The van der Waals surface area contributed by atoms with E-state index in [1.165, 1.54) is 11.3 Å². The molecule has 0 spiro atoms. The quantitative estimate of drug-likeness (QED) is 0.517. The van der Waals surface area contributed by atoms with Crippen LogP contribution in [0.3, 0.4) is 0 Å². The van der Waals surface area contributed by atoms with Crippen LogP contribution in [0.25, 0.3) is 0 Å². The van der Waals surface area contributed by atoms with Gasteiger partial charge in [0, 0.05) is 24.9 Å². The Bertz CT molecular complexity index is 295. The molecule has 0 saturated heterocycles. The topological polar surface area (TPSA) is 24.7 Å². The van der Waals surface area contributed by atoms with Gasteiger partial charge in [0.1, 0.15) is 0 Å². The predicted molar refractivity (Wildman–Crippen MR) is 51.8 cm³/mol. The fraction of sp³-hybridized carbons (Fsp3) is 0.400. The molecule has 0 aliphatic carbocycles. The summed E-state index contributed by atoms with van der Waals surface area (Å²) in [7, 11) is 0. The fourth-order valence-corrected chi connectivity index (χ4v) is 1.60. The molecule has 0 bridgehead atoms. The molecule has 12 heavy (non-hydrogen) atoms. The minimum atomic E-state index is 0.498. The van der Waals surface area contributed by atoms with Crippen molar-refractivity contribution in [2.24, 2.45) is 15.9 Å². The third kappa shape index (κ3) is 1.24. The zero-order valence-corrected chi connectivity index (χ0v) is 7.20.